The number of ether oxygens (including phenoxy) is 2. The first-order chi connectivity index (χ1) is 17.5. The third-order valence-corrected chi connectivity index (χ3v) is 7.45. The Morgan fingerprint density at radius 3 is 2.78 bits per heavy atom. The summed E-state index contributed by atoms with van der Waals surface area (Å²) in [5.41, 5.74) is 10.0. The molecule has 3 aliphatic heterocycles. The van der Waals surface area contributed by atoms with Crippen molar-refractivity contribution in [3.63, 3.8) is 0 Å². The van der Waals surface area contributed by atoms with Gasteiger partial charge >= 0.3 is 0 Å². The van der Waals surface area contributed by atoms with Crippen LogP contribution in [0.3, 0.4) is 0 Å². The summed E-state index contributed by atoms with van der Waals surface area (Å²) >= 11 is 7.44. The number of nitrogens with two attached hydrogens (primary N) is 1. The number of hydrogen-bond acceptors (Lipinski definition) is 8. The van der Waals surface area contributed by atoms with E-state index in [0.29, 0.717) is 40.6 Å². The average Bonchev–Trinajstić information content (AvgIpc) is 2.90. The Morgan fingerprint density at radius 2 is 2.00 bits per heavy atom. The van der Waals surface area contributed by atoms with E-state index in [9.17, 15) is 4.79 Å². The highest BCUT2D eigenvalue weighted by atomic mass is 35.5. The Labute approximate surface area is 217 Å². The Hall–Kier alpha value is -3.40. The van der Waals surface area contributed by atoms with Gasteiger partial charge in [-0.2, -0.15) is 0 Å². The van der Waals surface area contributed by atoms with Crippen LogP contribution >= 0.6 is 23.4 Å². The van der Waals surface area contributed by atoms with Gasteiger partial charge in [0.2, 0.25) is 0 Å². The summed E-state index contributed by atoms with van der Waals surface area (Å²) in [6.45, 7) is 1.24. The molecule has 3 aromatic rings. The Kier molecular flexibility index (Phi) is 5.91. The molecule has 0 radical (unpaired) electrons. The van der Waals surface area contributed by atoms with Crippen LogP contribution in [-0.2, 0) is 10.3 Å². The fourth-order valence-electron chi connectivity index (χ4n) is 4.72. The van der Waals surface area contributed by atoms with Crippen LogP contribution in [0.5, 0.6) is 11.5 Å². The molecule has 0 fully saturated rings. The first-order valence-electron chi connectivity index (χ1n) is 11.5. The number of benzene rings is 1. The van der Waals surface area contributed by atoms with Crippen molar-refractivity contribution in [3.05, 3.63) is 82.4 Å². The maximum absolute atomic E-state index is 12.8. The predicted octanol–water partition coefficient (Wildman–Crippen LogP) is 4.99. The van der Waals surface area contributed by atoms with Crippen molar-refractivity contribution in [2.24, 2.45) is 10.7 Å². The number of nitrogens with zero attached hydrogens (tertiary/aromatic N) is 3. The monoisotopic (exact) mass is 519 g/mol. The van der Waals surface area contributed by atoms with Crippen molar-refractivity contribution in [1.29, 1.82) is 0 Å². The molecule has 6 rings (SSSR count). The van der Waals surface area contributed by atoms with Crippen molar-refractivity contribution in [2.45, 2.75) is 18.4 Å². The zero-order valence-corrected chi connectivity index (χ0v) is 20.7. The number of nitrogens with one attached hydrogen (secondary N) is 1. The van der Waals surface area contributed by atoms with Gasteiger partial charge in [0, 0.05) is 28.8 Å². The minimum atomic E-state index is -0.759. The summed E-state index contributed by atoms with van der Waals surface area (Å²) in [6, 6.07) is 10.8. The molecule has 0 bridgehead atoms. The van der Waals surface area contributed by atoms with Gasteiger partial charge in [0.15, 0.2) is 10.9 Å². The van der Waals surface area contributed by atoms with Crippen LogP contribution in [0.2, 0.25) is 5.02 Å². The normalized spacial score (nSPS) is 20.5. The quantitative estimate of drug-likeness (QED) is 0.501. The second kappa shape index (κ2) is 9.24. The molecule has 3 N–H and O–H groups in total. The summed E-state index contributed by atoms with van der Waals surface area (Å²) in [7, 11) is 0. The van der Waals surface area contributed by atoms with Gasteiger partial charge < -0.3 is 20.5 Å². The maximum Gasteiger partial charge on any atom is 0.274 e. The number of carbonyl (C=O) groups excluding carboxylic acids is 1. The second-order valence-electron chi connectivity index (χ2n) is 8.67. The molecular weight excluding hydrogens is 498 g/mol. The number of halogens is 1. The lowest BCUT2D eigenvalue weighted by Gasteiger charge is -2.39. The topological polar surface area (TPSA) is 112 Å². The summed E-state index contributed by atoms with van der Waals surface area (Å²) in [6.07, 6.45) is 6.93. The number of anilines is 1. The molecule has 1 amide bonds. The fraction of sp³-hybridized carbons (Fsp3) is 0.231. The van der Waals surface area contributed by atoms with Gasteiger partial charge in [-0.1, -0.05) is 29.4 Å². The molecule has 8 nitrogen and oxygen atoms in total. The fourth-order valence-corrected chi connectivity index (χ4v) is 5.66. The number of aromatic nitrogens is 2. The van der Waals surface area contributed by atoms with E-state index in [2.05, 4.69) is 21.4 Å². The predicted molar refractivity (Wildman–Crippen MR) is 141 cm³/mol. The highest BCUT2D eigenvalue weighted by Crippen LogP contribution is 2.53. The zero-order valence-electron chi connectivity index (χ0n) is 19.2. The van der Waals surface area contributed by atoms with E-state index >= 15 is 0 Å². The Balaban J connectivity index is 1.43. The number of thioether (sulfide) groups is 1. The van der Waals surface area contributed by atoms with Gasteiger partial charge in [0.05, 0.1) is 30.1 Å². The molecule has 2 aromatic heterocycles. The largest absolute Gasteiger partial charge is 0.455 e. The Morgan fingerprint density at radius 1 is 1.11 bits per heavy atom. The lowest BCUT2D eigenvalue weighted by atomic mass is 9.78. The van der Waals surface area contributed by atoms with Crippen molar-refractivity contribution in [1.82, 2.24) is 9.97 Å². The number of fused-ring (bicyclic) bond motifs is 4. The number of rotatable bonds is 3. The second-order valence-corrected chi connectivity index (χ2v) is 10.2. The summed E-state index contributed by atoms with van der Waals surface area (Å²) in [5, 5.41) is 3.90. The number of pyridine rings is 2. The van der Waals surface area contributed by atoms with E-state index in [0.717, 1.165) is 41.0 Å². The Bertz CT molecular complexity index is 1430. The number of aliphatic imine (C=N–C) groups is 1. The van der Waals surface area contributed by atoms with Gasteiger partial charge in [0.1, 0.15) is 17.0 Å². The van der Waals surface area contributed by atoms with E-state index in [4.69, 9.17) is 31.8 Å². The van der Waals surface area contributed by atoms with Crippen molar-refractivity contribution in [3.8, 4) is 11.5 Å². The van der Waals surface area contributed by atoms with Crippen LogP contribution in [-0.4, -0.2) is 40.0 Å². The molecule has 5 heterocycles. The highest BCUT2D eigenvalue weighted by molar-refractivity contribution is 8.13. The standard InChI is InChI=1S/C26H22ClN5O3S/c27-16-3-5-20(29-12-16)24(33)31-17-4-6-22-18(10-17)26(7-9-36-25(28)32-26)19-11-21(30-13-23(19)35-22)15-2-1-8-34-14-15/h2-6,10-13H,1,7-9,14H2,(H2,28,32)(H,31,33)/t26-/m0/s1. The molecule has 0 unspecified atom stereocenters. The van der Waals surface area contributed by atoms with Crippen LogP contribution in [0.4, 0.5) is 5.69 Å². The van der Waals surface area contributed by atoms with Gasteiger partial charge in [0.25, 0.3) is 5.91 Å². The van der Waals surface area contributed by atoms with Crippen molar-refractivity contribution >= 4 is 45.7 Å². The smallest absolute Gasteiger partial charge is 0.274 e. The van der Waals surface area contributed by atoms with Gasteiger partial charge in [-0.3, -0.25) is 9.78 Å². The third kappa shape index (κ3) is 4.13. The number of hydrogen-bond donors (Lipinski definition) is 2. The molecule has 36 heavy (non-hydrogen) atoms. The molecule has 0 saturated heterocycles. The summed E-state index contributed by atoms with van der Waals surface area (Å²) in [5.74, 6) is 1.76. The van der Waals surface area contributed by atoms with E-state index in [1.54, 1.807) is 24.4 Å². The third-order valence-electron chi connectivity index (χ3n) is 6.43. The van der Waals surface area contributed by atoms with Crippen LogP contribution < -0.4 is 15.8 Å². The SMILES string of the molecule is NC1=N[C@@]2(CCS1)c1cc(NC(=O)c3ccc(Cl)cn3)ccc1Oc1cnc(C3=CCCOC3)cc12. The molecule has 1 atom stereocenters. The van der Waals surface area contributed by atoms with E-state index in [-0.39, 0.29) is 11.6 Å². The molecular formula is C26H22ClN5O3S. The number of amides is 1. The molecule has 3 aliphatic rings. The molecule has 1 spiro atoms. The van der Waals surface area contributed by atoms with Crippen LogP contribution in [0, 0.1) is 0 Å². The number of amidine groups is 1. The first-order valence-corrected chi connectivity index (χ1v) is 12.9. The minimum Gasteiger partial charge on any atom is -0.455 e. The summed E-state index contributed by atoms with van der Waals surface area (Å²) in [4.78, 5) is 26.6. The van der Waals surface area contributed by atoms with E-state index in [1.165, 1.54) is 18.0 Å². The average molecular weight is 520 g/mol. The molecule has 0 saturated carbocycles. The van der Waals surface area contributed by atoms with Crippen molar-refractivity contribution < 1.29 is 14.3 Å². The van der Waals surface area contributed by atoms with Gasteiger partial charge in [-0.05, 0) is 54.8 Å². The van der Waals surface area contributed by atoms with Gasteiger partial charge in [-0.25, -0.2) is 9.98 Å². The molecule has 182 valence electrons. The highest BCUT2D eigenvalue weighted by Gasteiger charge is 2.44. The minimum absolute atomic E-state index is 0.267. The molecule has 1 aromatic carbocycles. The maximum atomic E-state index is 12.8. The lowest BCUT2D eigenvalue weighted by Crippen LogP contribution is -2.35. The van der Waals surface area contributed by atoms with Gasteiger partial charge in [-0.15, -0.1) is 0 Å². The van der Waals surface area contributed by atoms with Crippen LogP contribution in [0.25, 0.3) is 5.57 Å². The lowest BCUT2D eigenvalue weighted by molar-refractivity contribution is 0.102. The first kappa shape index (κ1) is 23.0. The van der Waals surface area contributed by atoms with Crippen molar-refractivity contribution in [2.75, 3.05) is 24.3 Å². The summed E-state index contributed by atoms with van der Waals surface area (Å²) < 4.78 is 11.9. The molecule has 10 heteroatoms. The van der Waals surface area contributed by atoms with E-state index in [1.807, 2.05) is 18.2 Å². The number of carbonyl (C=O) groups is 1. The van der Waals surface area contributed by atoms with Crippen LogP contribution in [0.15, 0.2) is 59.9 Å². The molecule has 0 aliphatic carbocycles. The zero-order chi connectivity index (χ0) is 24.7. The van der Waals surface area contributed by atoms with Crippen LogP contribution in [0.1, 0.15) is 40.2 Å². The van der Waals surface area contributed by atoms with E-state index < -0.39 is 5.54 Å².